The molecule has 0 unspecified atom stereocenters. The van der Waals surface area contributed by atoms with Crippen molar-refractivity contribution in [1.29, 1.82) is 0 Å². The second-order valence-electron chi connectivity index (χ2n) is 4.56. The summed E-state index contributed by atoms with van der Waals surface area (Å²) >= 11 is 0. The van der Waals surface area contributed by atoms with E-state index in [0.29, 0.717) is 36.8 Å². The Morgan fingerprint density at radius 1 is 1.30 bits per heavy atom. The second kappa shape index (κ2) is 7.26. The number of ether oxygens (including phenoxy) is 3. The second-order valence-corrected chi connectivity index (χ2v) is 4.56. The summed E-state index contributed by atoms with van der Waals surface area (Å²) in [6.45, 7) is 7.56. The van der Waals surface area contributed by atoms with Crippen LogP contribution in [0.1, 0.15) is 24.2 Å². The van der Waals surface area contributed by atoms with E-state index in [9.17, 15) is 4.79 Å². The molecule has 0 saturated heterocycles. The van der Waals surface area contributed by atoms with Gasteiger partial charge in [-0.1, -0.05) is 6.92 Å². The van der Waals surface area contributed by atoms with Crippen molar-refractivity contribution in [2.45, 2.75) is 13.8 Å². The van der Waals surface area contributed by atoms with E-state index < -0.39 is 0 Å². The number of rotatable bonds is 8. The number of hydrogen-bond acceptors (Lipinski definition) is 5. The first-order valence-electron chi connectivity index (χ1n) is 6.97. The van der Waals surface area contributed by atoms with Crippen molar-refractivity contribution in [2.24, 2.45) is 0 Å². The van der Waals surface area contributed by atoms with Crippen LogP contribution in [0.15, 0.2) is 18.2 Å². The molecule has 0 fully saturated rings. The summed E-state index contributed by atoms with van der Waals surface area (Å²) < 4.78 is 15.9. The first-order chi connectivity index (χ1) is 9.74. The van der Waals surface area contributed by atoms with Crippen LogP contribution < -0.4 is 9.47 Å². The highest BCUT2D eigenvalue weighted by atomic mass is 16.7. The van der Waals surface area contributed by atoms with Crippen LogP contribution in [0.5, 0.6) is 11.5 Å². The Balaban J connectivity index is 1.93. The quantitative estimate of drug-likeness (QED) is 0.538. The van der Waals surface area contributed by atoms with E-state index in [-0.39, 0.29) is 12.6 Å². The number of hydrogen-bond donors (Lipinski definition) is 0. The topological polar surface area (TPSA) is 48.0 Å². The van der Waals surface area contributed by atoms with Crippen molar-refractivity contribution in [2.75, 3.05) is 39.6 Å². The average molecular weight is 279 g/mol. The Morgan fingerprint density at radius 3 is 2.85 bits per heavy atom. The number of likely N-dealkylation sites (N-methyl/N-ethyl adjacent to an activating group) is 1. The molecule has 0 bridgehead atoms. The van der Waals surface area contributed by atoms with E-state index in [4.69, 9.17) is 14.2 Å². The van der Waals surface area contributed by atoms with Gasteiger partial charge in [0.15, 0.2) is 17.3 Å². The molecule has 0 aliphatic carbocycles. The molecule has 0 N–H and O–H groups in total. The molecule has 1 aromatic carbocycles. The van der Waals surface area contributed by atoms with Crippen molar-refractivity contribution >= 4 is 5.78 Å². The predicted octanol–water partition coefficient (Wildman–Crippen LogP) is 1.96. The van der Waals surface area contributed by atoms with Gasteiger partial charge in [0.1, 0.15) is 0 Å². The van der Waals surface area contributed by atoms with Gasteiger partial charge in [0, 0.05) is 18.7 Å². The van der Waals surface area contributed by atoms with Crippen molar-refractivity contribution in [3.63, 3.8) is 0 Å². The Morgan fingerprint density at radius 2 is 2.10 bits per heavy atom. The van der Waals surface area contributed by atoms with Gasteiger partial charge >= 0.3 is 0 Å². The zero-order valence-electron chi connectivity index (χ0n) is 12.1. The third-order valence-electron chi connectivity index (χ3n) is 3.26. The lowest BCUT2D eigenvalue weighted by molar-refractivity contribution is 0.0867. The fourth-order valence-electron chi connectivity index (χ4n) is 2.05. The van der Waals surface area contributed by atoms with E-state index in [2.05, 4.69) is 4.90 Å². The summed E-state index contributed by atoms with van der Waals surface area (Å²) in [7, 11) is 0. The molecule has 2 rings (SSSR count). The lowest BCUT2D eigenvalue weighted by Gasteiger charge is -2.19. The summed E-state index contributed by atoms with van der Waals surface area (Å²) in [4.78, 5) is 14.3. The number of carbonyl (C=O) groups is 1. The third-order valence-corrected chi connectivity index (χ3v) is 3.26. The highest BCUT2D eigenvalue weighted by molar-refractivity contribution is 5.98. The van der Waals surface area contributed by atoms with Gasteiger partial charge in [-0.15, -0.1) is 0 Å². The molecule has 5 heteroatoms. The van der Waals surface area contributed by atoms with Crippen LogP contribution >= 0.6 is 0 Å². The molecule has 0 aromatic heterocycles. The van der Waals surface area contributed by atoms with Gasteiger partial charge in [-0.05, 0) is 31.7 Å². The first-order valence-corrected chi connectivity index (χ1v) is 6.97. The van der Waals surface area contributed by atoms with E-state index in [1.807, 2.05) is 13.8 Å². The van der Waals surface area contributed by atoms with Gasteiger partial charge in [0.25, 0.3) is 0 Å². The Kier molecular flexibility index (Phi) is 5.38. The summed E-state index contributed by atoms with van der Waals surface area (Å²) in [6.07, 6.45) is 0. The SMILES string of the molecule is CCOCCN(CC)CC(=O)c1ccc2c(c1)OCO2. The molecule has 0 radical (unpaired) electrons. The highest BCUT2D eigenvalue weighted by Crippen LogP contribution is 2.32. The largest absolute Gasteiger partial charge is 0.454 e. The smallest absolute Gasteiger partial charge is 0.231 e. The predicted molar refractivity (Wildman–Crippen MR) is 75.5 cm³/mol. The molecule has 110 valence electrons. The van der Waals surface area contributed by atoms with Crippen LogP contribution in [0.3, 0.4) is 0 Å². The molecule has 0 saturated carbocycles. The number of benzene rings is 1. The molecule has 0 amide bonds. The van der Waals surface area contributed by atoms with Crippen molar-refractivity contribution in [1.82, 2.24) is 4.90 Å². The van der Waals surface area contributed by atoms with Crippen LogP contribution in [0, 0.1) is 0 Å². The number of carbonyl (C=O) groups excluding carboxylic acids is 1. The molecule has 0 spiro atoms. The van der Waals surface area contributed by atoms with Crippen molar-refractivity contribution in [3.8, 4) is 11.5 Å². The minimum absolute atomic E-state index is 0.0849. The van der Waals surface area contributed by atoms with Crippen molar-refractivity contribution < 1.29 is 19.0 Å². The molecular formula is C15H21NO4. The van der Waals surface area contributed by atoms with E-state index in [1.54, 1.807) is 18.2 Å². The molecular weight excluding hydrogens is 258 g/mol. The fourth-order valence-corrected chi connectivity index (χ4v) is 2.05. The van der Waals surface area contributed by atoms with Gasteiger partial charge in [0.05, 0.1) is 13.2 Å². The maximum absolute atomic E-state index is 12.3. The standard InChI is InChI=1S/C15H21NO4/c1-3-16(7-8-18-4-2)10-13(17)12-5-6-14-15(9-12)20-11-19-14/h5-6,9H,3-4,7-8,10-11H2,1-2H3. The van der Waals surface area contributed by atoms with Gasteiger partial charge in [-0.25, -0.2) is 0 Å². The molecule has 20 heavy (non-hydrogen) atoms. The Bertz CT molecular complexity index is 461. The van der Waals surface area contributed by atoms with Crippen LogP contribution in [-0.2, 0) is 4.74 Å². The lowest BCUT2D eigenvalue weighted by atomic mass is 10.1. The van der Waals surface area contributed by atoms with Crippen LogP contribution in [0.2, 0.25) is 0 Å². The monoisotopic (exact) mass is 279 g/mol. The van der Waals surface area contributed by atoms with Crippen molar-refractivity contribution in [3.05, 3.63) is 23.8 Å². The van der Waals surface area contributed by atoms with Gasteiger partial charge < -0.3 is 14.2 Å². The first kappa shape index (κ1) is 14.8. The van der Waals surface area contributed by atoms with E-state index in [0.717, 1.165) is 13.1 Å². The summed E-state index contributed by atoms with van der Waals surface area (Å²) in [5, 5.41) is 0. The molecule has 1 heterocycles. The number of ketones is 1. The minimum atomic E-state index is 0.0849. The van der Waals surface area contributed by atoms with E-state index >= 15 is 0 Å². The number of Topliss-reactive ketones (excluding diaryl/α,β-unsaturated/α-hetero) is 1. The maximum Gasteiger partial charge on any atom is 0.231 e. The molecule has 1 aliphatic heterocycles. The number of nitrogens with zero attached hydrogens (tertiary/aromatic N) is 1. The fraction of sp³-hybridized carbons (Fsp3) is 0.533. The van der Waals surface area contributed by atoms with Gasteiger partial charge in [-0.3, -0.25) is 9.69 Å². The van der Waals surface area contributed by atoms with Gasteiger partial charge in [-0.2, -0.15) is 0 Å². The van der Waals surface area contributed by atoms with Gasteiger partial charge in [0.2, 0.25) is 6.79 Å². The molecule has 1 aromatic rings. The van der Waals surface area contributed by atoms with Crippen LogP contribution in [0.25, 0.3) is 0 Å². The average Bonchev–Trinajstić information content (AvgIpc) is 2.93. The summed E-state index contributed by atoms with van der Waals surface area (Å²) in [5.74, 6) is 1.43. The summed E-state index contributed by atoms with van der Waals surface area (Å²) in [5.41, 5.74) is 0.657. The van der Waals surface area contributed by atoms with Crippen LogP contribution in [0.4, 0.5) is 0 Å². The number of fused-ring (bicyclic) bond motifs is 1. The normalized spacial score (nSPS) is 12.9. The van der Waals surface area contributed by atoms with E-state index in [1.165, 1.54) is 0 Å². The Labute approximate surface area is 119 Å². The van der Waals surface area contributed by atoms with Crippen LogP contribution in [-0.4, -0.2) is 50.3 Å². The zero-order chi connectivity index (χ0) is 14.4. The Hall–Kier alpha value is -1.59. The third kappa shape index (κ3) is 3.71. The molecule has 5 nitrogen and oxygen atoms in total. The molecule has 0 atom stereocenters. The molecule has 1 aliphatic rings. The summed E-state index contributed by atoms with van der Waals surface area (Å²) in [6, 6.07) is 5.32. The highest BCUT2D eigenvalue weighted by Gasteiger charge is 2.17. The minimum Gasteiger partial charge on any atom is -0.454 e. The maximum atomic E-state index is 12.3. The zero-order valence-corrected chi connectivity index (χ0v) is 12.1. The lowest BCUT2D eigenvalue weighted by Crippen LogP contribution is -2.32.